The number of hydrogen-bond acceptors (Lipinski definition) is 0. The van der Waals surface area contributed by atoms with Crippen LogP contribution in [0.3, 0.4) is 0 Å². The molecule has 0 spiro atoms. The highest BCUT2D eigenvalue weighted by atomic mass is 14.3. The van der Waals surface area contributed by atoms with Gasteiger partial charge in [-0.25, -0.2) is 0 Å². The first-order valence-electron chi connectivity index (χ1n) is 16.9. The SMILES string of the molecule is CCC(C)c1cc(C(C)CC)c(CCCc2c(C(C)CC)cc(C(C)CC)cc2C(C)CC)c(C(C)CC)c1. The van der Waals surface area contributed by atoms with Gasteiger partial charge in [0.2, 0.25) is 0 Å². The fraction of sp³-hybridized carbons (Fsp3) is 0.692. The highest BCUT2D eigenvalue weighted by Crippen LogP contribution is 2.38. The quantitative estimate of drug-likeness (QED) is 0.202. The van der Waals surface area contributed by atoms with Crippen molar-refractivity contribution in [2.45, 2.75) is 176 Å². The first-order valence-corrected chi connectivity index (χ1v) is 16.9. The van der Waals surface area contributed by atoms with Crippen LogP contribution in [0, 0.1) is 0 Å². The van der Waals surface area contributed by atoms with Crippen LogP contribution in [0.4, 0.5) is 0 Å². The number of hydrogen-bond donors (Lipinski definition) is 0. The van der Waals surface area contributed by atoms with Crippen molar-refractivity contribution in [1.29, 1.82) is 0 Å². The summed E-state index contributed by atoms with van der Waals surface area (Å²) in [6.07, 6.45) is 10.9. The van der Waals surface area contributed by atoms with Crippen LogP contribution in [0.1, 0.15) is 208 Å². The molecule has 220 valence electrons. The first kappa shape index (κ1) is 33.6. The highest BCUT2D eigenvalue weighted by molar-refractivity contribution is 5.46. The highest BCUT2D eigenvalue weighted by Gasteiger charge is 2.22. The summed E-state index contributed by atoms with van der Waals surface area (Å²) in [5.41, 5.74) is 13.0. The van der Waals surface area contributed by atoms with Gasteiger partial charge in [-0.2, -0.15) is 0 Å². The zero-order chi connectivity index (χ0) is 29.3. The Hall–Kier alpha value is -1.56. The molecule has 0 nitrogen and oxygen atoms in total. The standard InChI is InChI=1S/C39H64/c1-13-26(7)32-22-36(28(9)15-3)34(37(23-32)29(10)16-4)20-19-21-35-38(30(11)17-5)24-33(27(8)14-2)25-39(35)31(12)18-6/h22-31H,13-21H2,1-12H3. The third-order valence-electron chi connectivity index (χ3n) is 10.5. The van der Waals surface area contributed by atoms with Crippen LogP contribution in [0.2, 0.25) is 0 Å². The lowest BCUT2D eigenvalue weighted by Crippen LogP contribution is -2.11. The van der Waals surface area contributed by atoms with Gasteiger partial charge in [0, 0.05) is 0 Å². The average Bonchev–Trinajstić information content (AvgIpc) is 2.97. The molecule has 0 aliphatic carbocycles. The van der Waals surface area contributed by atoms with Gasteiger partial charge in [-0.3, -0.25) is 0 Å². The molecule has 2 rings (SSSR count). The van der Waals surface area contributed by atoms with E-state index in [0.717, 1.165) is 0 Å². The summed E-state index contributed by atoms with van der Waals surface area (Å²) in [4.78, 5) is 0. The Morgan fingerprint density at radius 1 is 0.385 bits per heavy atom. The molecule has 2 aromatic rings. The lowest BCUT2D eigenvalue weighted by molar-refractivity contribution is 0.652. The van der Waals surface area contributed by atoms with Gasteiger partial charge in [0.25, 0.3) is 0 Å². The Bertz CT molecular complexity index is 867. The minimum Gasteiger partial charge on any atom is -0.0648 e. The zero-order valence-corrected chi connectivity index (χ0v) is 28.1. The van der Waals surface area contributed by atoms with Crippen molar-refractivity contribution >= 4 is 0 Å². The lowest BCUT2D eigenvalue weighted by atomic mass is 9.78. The third-order valence-corrected chi connectivity index (χ3v) is 10.5. The molecule has 0 radical (unpaired) electrons. The molecule has 2 aromatic carbocycles. The smallest absolute Gasteiger partial charge is 0.0190 e. The molecule has 0 saturated carbocycles. The summed E-state index contributed by atoms with van der Waals surface area (Å²) in [5.74, 6) is 3.73. The van der Waals surface area contributed by atoms with E-state index in [1.807, 2.05) is 0 Å². The van der Waals surface area contributed by atoms with Gasteiger partial charge in [0.15, 0.2) is 0 Å². The summed E-state index contributed by atoms with van der Waals surface area (Å²) < 4.78 is 0. The topological polar surface area (TPSA) is 0 Å². The second-order valence-corrected chi connectivity index (χ2v) is 13.1. The average molecular weight is 533 g/mol. The molecule has 0 bridgehead atoms. The Balaban J connectivity index is 2.59. The predicted octanol–water partition coefficient (Wildman–Crippen LogP) is 12.9. The Morgan fingerprint density at radius 3 is 0.821 bits per heavy atom. The van der Waals surface area contributed by atoms with Gasteiger partial charge in [-0.05, 0) is 138 Å². The largest absolute Gasteiger partial charge is 0.0648 e. The van der Waals surface area contributed by atoms with E-state index >= 15 is 0 Å². The Kier molecular flexibility index (Phi) is 13.8. The molecule has 0 heterocycles. The summed E-state index contributed by atoms with van der Waals surface area (Å²) in [7, 11) is 0. The van der Waals surface area contributed by atoms with E-state index in [4.69, 9.17) is 0 Å². The monoisotopic (exact) mass is 533 g/mol. The third kappa shape index (κ3) is 8.24. The Morgan fingerprint density at radius 2 is 0.615 bits per heavy atom. The molecule has 0 saturated heterocycles. The van der Waals surface area contributed by atoms with Crippen molar-refractivity contribution in [3.05, 3.63) is 68.8 Å². The van der Waals surface area contributed by atoms with E-state index in [1.165, 1.54) is 57.8 Å². The maximum absolute atomic E-state index is 2.60. The molecular weight excluding hydrogens is 468 g/mol. The van der Waals surface area contributed by atoms with Crippen molar-refractivity contribution in [2.24, 2.45) is 0 Å². The minimum atomic E-state index is 0.618. The molecule has 39 heavy (non-hydrogen) atoms. The zero-order valence-electron chi connectivity index (χ0n) is 28.1. The molecule has 6 atom stereocenters. The van der Waals surface area contributed by atoms with E-state index in [2.05, 4.69) is 107 Å². The van der Waals surface area contributed by atoms with E-state index < -0.39 is 0 Å². The maximum Gasteiger partial charge on any atom is -0.0190 e. The van der Waals surface area contributed by atoms with Crippen LogP contribution in [0.5, 0.6) is 0 Å². The Labute approximate surface area is 244 Å². The molecule has 0 aliphatic heterocycles. The molecule has 0 fully saturated rings. The fourth-order valence-corrected chi connectivity index (χ4v) is 6.18. The fourth-order valence-electron chi connectivity index (χ4n) is 6.18. The summed E-state index contributed by atoms with van der Waals surface area (Å²) in [5, 5.41) is 0. The van der Waals surface area contributed by atoms with E-state index in [-0.39, 0.29) is 0 Å². The predicted molar refractivity (Wildman–Crippen MR) is 177 cm³/mol. The maximum atomic E-state index is 2.60. The van der Waals surface area contributed by atoms with Crippen LogP contribution in [0.25, 0.3) is 0 Å². The molecule has 6 unspecified atom stereocenters. The summed E-state index contributed by atoms with van der Waals surface area (Å²) in [6, 6.07) is 10.4. The molecule has 0 aromatic heterocycles. The second kappa shape index (κ2) is 16.0. The number of benzene rings is 2. The normalized spacial score (nSPS) is 16.5. The van der Waals surface area contributed by atoms with Crippen molar-refractivity contribution in [3.63, 3.8) is 0 Å². The first-order chi connectivity index (χ1) is 18.6. The molecule has 0 amide bonds. The van der Waals surface area contributed by atoms with Crippen LogP contribution in [-0.2, 0) is 12.8 Å². The molecule has 0 heteroatoms. The second-order valence-electron chi connectivity index (χ2n) is 13.1. The van der Waals surface area contributed by atoms with Crippen LogP contribution in [-0.4, -0.2) is 0 Å². The molecule has 0 N–H and O–H groups in total. The minimum absolute atomic E-state index is 0.618. The summed E-state index contributed by atoms with van der Waals surface area (Å²) >= 11 is 0. The van der Waals surface area contributed by atoms with Gasteiger partial charge in [0.05, 0.1) is 0 Å². The van der Waals surface area contributed by atoms with E-state index in [1.54, 1.807) is 44.5 Å². The van der Waals surface area contributed by atoms with E-state index in [9.17, 15) is 0 Å². The number of rotatable bonds is 16. The van der Waals surface area contributed by atoms with Gasteiger partial charge in [0.1, 0.15) is 0 Å². The van der Waals surface area contributed by atoms with Gasteiger partial charge in [-0.1, -0.05) is 107 Å². The molecular formula is C39H64. The molecule has 0 aliphatic rings. The van der Waals surface area contributed by atoms with Crippen molar-refractivity contribution in [2.75, 3.05) is 0 Å². The van der Waals surface area contributed by atoms with E-state index in [0.29, 0.717) is 35.5 Å². The van der Waals surface area contributed by atoms with Gasteiger partial charge < -0.3 is 0 Å². The van der Waals surface area contributed by atoms with Crippen molar-refractivity contribution in [1.82, 2.24) is 0 Å². The van der Waals surface area contributed by atoms with Crippen LogP contribution < -0.4 is 0 Å². The van der Waals surface area contributed by atoms with Crippen LogP contribution >= 0.6 is 0 Å². The van der Waals surface area contributed by atoms with Crippen LogP contribution in [0.15, 0.2) is 24.3 Å². The van der Waals surface area contributed by atoms with Gasteiger partial charge >= 0.3 is 0 Å². The lowest BCUT2D eigenvalue weighted by Gasteiger charge is -2.27. The van der Waals surface area contributed by atoms with Gasteiger partial charge in [-0.15, -0.1) is 0 Å². The van der Waals surface area contributed by atoms with Crippen molar-refractivity contribution in [3.8, 4) is 0 Å². The summed E-state index contributed by atoms with van der Waals surface area (Å²) in [6.45, 7) is 28.8. The van der Waals surface area contributed by atoms with Crippen molar-refractivity contribution < 1.29 is 0 Å².